The van der Waals surface area contributed by atoms with Crippen molar-refractivity contribution in [3.63, 3.8) is 0 Å². The molecule has 0 saturated carbocycles. The molecule has 7 heteroatoms. The van der Waals surface area contributed by atoms with Gasteiger partial charge in [0.2, 0.25) is 0 Å². The quantitative estimate of drug-likeness (QED) is 0.352. The van der Waals surface area contributed by atoms with E-state index in [1.807, 2.05) is 30.3 Å². The van der Waals surface area contributed by atoms with Crippen LogP contribution < -0.4 is 0 Å². The molecule has 0 radical (unpaired) electrons. The summed E-state index contributed by atoms with van der Waals surface area (Å²) in [5.41, 5.74) is 0.720. The maximum absolute atomic E-state index is 12.1. The van der Waals surface area contributed by atoms with Crippen molar-refractivity contribution >= 4 is 64.0 Å². The van der Waals surface area contributed by atoms with E-state index in [-0.39, 0.29) is 37.3 Å². The maximum Gasteiger partial charge on any atom is 0.341 e. The lowest BCUT2D eigenvalue weighted by atomic mass is 10.2. The van der Waals surface area contributed by atoms with Crippen LogP contribution >= 0.6 is 58.0 Å². The zero-order valence-electron chi connectivity index (χ0n) is 10.3. The Labute approximate surface area is 146 Å². The summed E-state index contributed by atoms with van der Waals surface area (Å²) in [5, 5.41) is -0.269. The summed E-state index contributed by atoms with van der Waals surface area (Å²) in [6.45, 7) is 0.0736. The van der Waals surface area contributed by atoms with Gasteiger partial charge >= 0.3 is 5.97 Å². The van der Waals surface area contributed by atoms with Crippen molar-refractivity contribution in [3.8, 4) is 0 Å². The Morgan fingerprint density at radius 2 is 1.29 bits per heavy atom. The highest BCUT2D eigenvalue weighted by atomic mass is 35.5. The molecule has 0 heterocycles. The van der Waals surface area contributed by atoms with Crippen LogP contribution in [0.15, 0.2) is 30.3 Å². The van der Waals surface area contributed by atoms with Crippen molar-refractivity contribution in [1.82, 2.24) is 0 Å². The van der Waals surface area contributed by atoms with Crippen LogP contribution in [0.4, 0.5) is 0 Å². The van der Waals surface area contributed by atoms with Gasteiger partial charge in [0.25, 0.3) is 0 Å². The van der Waals surface area contributed by atoms with E-state index in [4.69, 9.17) is 62.7 Å². The molecule has 21 heavy (non-hydrogen) atoms. The summed E-state index contributed by atoms with van der Waals surface area (Å²) in [6.07, 6.45) is 0. The van der Waals surface area contributed by atoms with Crippen molar-refractivity contribution in [3.05, 3.63) is 66.6 Å². The van der Waals surface area contributed by atoms with Crippen LogP contribution in [0.2, 0.25) is 25.1 Å². The third-order valence-corrected chi connectivity index (χ3v) is 4.90. The van der Waals surface area contributed by atoms with Crippen molar-refractivity contribution in [1.29, 1.82) is 0 Å². The molecule has 110 valence electrons. The van der Waals surface area contributed by atoms with Crippen LogP contribution in [0.25, 0.3) is 0 Å². The summed E-state index contributed by atoms with van der Waals surface area (Å²) >= 11 is 29.7. The molecule has 0 unspecified atom stereocenters. The number of carbonyl (C=O) groups excluding carboxylic acids is 1. The van der Waals surface area contributed by atoms with E-state index in [0.717, 1.165) is 5.56 Å². The SMILES string of the molecule is O=C(OCc1ccccc1)c1c(Cl)c(Cl)c(Cl)c(Cl)c1Cl. The van der Waals surface area contributed by atoms with Crippen molar-refractivity contribution in [2.24, 2.45) is 0 Å². The average Bonchev–Trinajstić information content (AvgIpc) is 2.50. The monoisotopic (exact) mass is 382 g/mol. The van der Waals surface area contributed by atoms with E-state index in [0.29, 0.717) is 0 Å². The molecule has 2 nitrogen and oxygen atoms in total. The molecule has 0 aliphatic carbocycles. The molecular formula is C14H7Cl5O2. The second-order valence-electron chi connectivity index (χ2n) is 4.01. The first-order chi connectivity index (χ1) is 9.93. The smallest absolute Gasteiger partial charge is 0.341 e. The Bertz CT molecular complexity index is 657. The Morgan fingerprint density at radius 3 is 1.81 bits per heavy atom. The van der Waals surface area contributed by atoms with Gasteiger partial charge in [0.15, 0.2) is 0 Å². The molecule has 2 rings (SSSR count). The lowest BCUT2D eigenvalue weighted by Gasteiger charge is -2.12. The van der Waals surface area contributed by atoms with Crippen LogP contribution in [0, 0.1) is 0 Å². The number of esters is 1. The third-order valence-electron chi connectivity index (χ3n) is 2.63. The van der Waals surface area contributed by atoms with Gasteiger partial charge < -0.3 is 4.74 Å². The lowest BCUT2D eigenvalue weighted by molar-refractivity contribution is 0.0473. The van der Waals surface area contributed by atoms with Crippen LogP contribution in [0.1, 0.15) is 15.9 Å². The van der Waals surface area contributed by atoms with Gasteiger partial charge in [0.05, 0.1) is 30.7 Å². The summed E-state index contributed by atoms with van der Waals surface area (Å²) in [7, 11) is 0. The molecule has 2 aromatic carbocycles. The van der Waals surface area contributed by atoms with Gasteiger partial charge in [-0.15, -0.1) is 0 Å². The Morgan fingerprint density at radius 1 is 0.810 bits per heavy atom. The lowest BCUT2D eigenvalue weighted by Crippen LogP contribution is -2.07. The van der Waals surface area contributed by atoms with Gasteiger partial charge in [-0.1, -0.05) is 88.3 Å². The average molecular weight is 384 g/mol. The largest absolute Gasteiger partial charge is 0.457 e. The normalized spacial score (nSPS) is 10.5. The van der Waals surface area contributed by atoms with Crippen molar-refractivity contribution in [2.75, 3.05) is 0 Å². The fourth-order valence-corrected chi connectivity index (χ4v) is 2.87. The number of hydrogen-bond donors (Lipinski definition) is 0. The van der Waals surface area contributed by atoms with E-state index in [1.165, 1.54) is 0 Å². The first-order valence-corrected chi connectivity index (χ1v) is 7.55. The maximum atomic E-state index is 12.1. The minimum Gasteiger partial charge on any atom is -0.457 e. The van der Waals surface area contributed by atoms with Gasteiger partial charge in [-0.25, -0.2) is 4.79 Å². The number of benzene rings is 2. The topological polar surface area (TPSA) is 26.3 Å². The van der Waals surface area contributed by atoms with Gasteiger partial charge in [0.1, 0.15) is 6.61 Å². The standard InChI is InChI=1S/C14H7Cl5O2/c15-9-8(10(16)12(18)13(19)11(9)17)14(20)21-6-7-4-2-1-3-5-7/h1-5H,6H2. The molecule has 0 atom stereocenters. The Hall–Kier alpha value is -0.640. The Kier molecular flexibility index (Phi) is 5.64. The highest BCUT2D eigenvalue weighted by Crippen LogP contribution is 2.44. The predicted octanol–water partition coefficient (Wildman–Crippen LogP) is 6.31. The number of ether oxygens (including phenoxy) is 1. The molecule has 0 aliphatic rings. The molecule has 0 bridgehead atoms. The van der Waals surface area contributed by atoms with Crippen LogP contribution in [0.3, 0.4) is 0 Å². The first-order valence-electron chi connectivity index (χ1n) is 5.66. The van der Waals surface area contributed by atoms with Crippen LogP contribution in [-0.4, -0.2) is 5.97 Å². The number of halogens is 5. The van der Waals surface area contributed by atoms with Crippen molar-refractivity contribution in [2.45, 2.75) is 6.61 Å². The fourth-order valence-electron chi connectivity index (χ4n) is 1.58. The zero-order chi connectivity index (χ0) is 15.6. The highest BCUT2D eigenvalue weighted by Gasteiger charge is 2.25. The number of hydrogen-bond acceptors (Lipinski definition) is 2. The van der Waals surface area contributed by atoms with E-state index in [9.17, 15) is 4.79 Å². The zero-order valence-corrected chi connectivity index (χ0v) is 14.1. The summed E-state index contributed by atoms with van der Waals surface area (Å²) in [6, 6.07) is 9.16. The minimum absolute atomic E-state index is 0.00653. The molecule has 0 spiro atoms. The van der Waals surface area contributed by atoms with E-state index in [1.54, 1.807) is 0 Å². The van der Waals surface area contributed by atoms with Gasteiger partial charge in [-0.3, -0.25) is 0 Å². The predicted molar refractivity (Wildman–Crippen MR) is 87.1 cm³/mol. The van der Waals surface area contributed by atoms with E-state index in [2.05, 4.69) is 0 Å². The number of rotatable bonds is 3. The van der Waals surface area contributed by atoms with Crippen LogP contribution in [-0.2, 0) is 11.3 Å². The van der Waals surface area contributed by atoms with E-state index < -0.39 is 5.97 Å². The van der Waals surface area contributed by atoms with Crippen molar-refractivity contribution < 1.29 is 9.53 Å². The number of carbonyl (C=O) groups is 1. The second-order valence-corrected chi connectivity index (χ2v) is 5.90. The van der Waals surface area contributed by atoms with E-state index >= 15 is 0 Å². The molecule has 0 saturated heterocycles. The molecular weight excluding hydrogens is 377 g/mol. The molecule has 0 aliphatic heterocycles. The summed E-state index contributed by atoms with van der Waals surface area (Å²) in [5.74, 6) is -0.727. The van der Waals surface area contributed by atoms with Crippen LogP contribution in [0.5, 0.6) is 0 Å². The first kappa shape index (κ1) is 16.7. The molecule has 0 fully saturated rings. The third kappa shape index (κ3) is 3.58. The Balaban J connectivity index is 2.28. The minimum atomic E-state index is -0.727. The molecule has 0 N–H and O–H groups in total. The molecule has 2 aromatic rings. The molecule has 0 aromatic heterocycles. The molecule has 0 amide bonds. The summed E-state index contributed by atoms with van der Waals surface area (Å²) in [4.78, 5) is 12.1. The highest BCUT2D eigenvalue weighted by molar-refractivity contribution is 6.56. The van der Waals surface area contributed by atoms with Gasteiger partial charge in [-0.2, -0.15) is 0 Å². The van der Waals surface area contributed by atoms with Gasteiger partial charge in [-0.05, 0) is 5.56 Å². The second kappa shape index (κ2) is 7.08. The van der Waals surface area contributed by atoms with Gasteiger partial charge in [0, 0.05) is 0 Å². The summed E-state index contributed by atoms with van der Waals surface area (Å²) < 4.78 is 5.16. The fraction of sp³-hybridized carbons (Fsp3) is 0.0714.